The lowest BCUT2D eigenvalue weighted by Crippen LogP contribution is -2.46. The Bertz CT molecular complexity index is 213. The van der Waals surface area contributed by atoms with Gasteiger partial charge in [0, 0.05) is 4.75 Å². The molecule has 1 saturated heterocycles. The first-order chi connectivity index (χ1) is 5.25. The Morgan fingerprint density at radius 3 is 2.08 bits per heavy atom. The van der Waals surface area contributed by atoms with Gasteiger partial charge in [0.05, 0.1) is 4.87 Å². The second-order valence-electron chi connectivity index (χ2n) is 4.13. The van der Waals surface area contributed by atoms with Gasteiger partial charge < -0.3 is 5.11 Å². The number of carboxylic acid groups (broad SMARTS) is 1. The van der Waals surface area contributed by atoms with Crippen molar-refractivity contribution in [3.05, 3.63) is 0 Å². The number of hydrogen-bond acceptors (Lipinski definition) is 3. The lowest BCUT2D eigenvalue weighted by molar-refractivity contribution is -0.140. The molecule has 0 radical (unpaired) electrons. The van der Waals surface area contributed by atoms with Crippen LogP contribution < -0.4 is 5.32 Å². The van der Waals surface area contributed by atoms with Gasteiger partial charge >= 0.3 is 5.97 Å². The summed E-state index contributed by atoms with van der Waals surface area (Å²) >= 11 is 1.67. The van der Waals surface area contributed by atoms with Gasteiger partial charge in [-0.3, -0.25) is 10.1 Å². The Hall–Kier alpha value is -0.220. The number of carbonyl (C=O) groups is 1. The van der Waals surface area contributed by atoms with Crippen LogP contribution in [0.3, 0.4) is 0 Å². The normalized spacial score (nSPS) is 31.8. The zero-order valence-electron chi connectivity index (χ0n) is 7.84. The molecular formula is C8H15NO2S. The van der Waals surface area contributed by atoms with Crippen molar-refractivity contribution in [2.45, 2.75) is 43.4 Å². The molecule has 1 atom stereocenters. The van der Waals surface area contributed by atoms with Crippen LogP contribution in [0.5, 0.6) is 0 Å². The van der Waals surface area contributed by atoms with Crippen molar-refractivity contribution in [1.29, 1.82) is 0 Å². The van der Waals surface area contributed by atoms with Crippen LogP contribution in [-0.2, 0) is 4.79 Å². The molecule has 1 rings (SSSR count). The molecule has 1 fully saturated rings. The Morgan fingerprint density at radius 1 is 1.42 bits per heavy atom. The molecule has 0 bridgehead atoms. The molecule has 1 heterocycles. The van der Waals surface area contributed by atoms with Crippen LogP contribution in [0.25, 0.3) is 0 Å². The number of nitrogens with one attached hydrogen (secondary N) is 1. The molecule has 0 aromatic heterocycles. The zero-order valence-corrected chi connectivity index (χ0v) is 8.66. The van der Waals surface area contributed by atoms with Crippen molar-refractivity contribution in [3.8, 4) is 0 Å². The molecule has 1 unspecified atom stereocenters. The van der Waals surface area contributed by atoms with Gasteiger partial charge in [-0.15, -0.1) is 11.8 Å². The monoisotopic (exact) mass is 189 g/mol. The highest BCUT2D eigenvalue weighted by atomic mass is 32.2. The minimum Gasteiger partial charge on any atom is -0.480 e. The first-order valence-electron chi connectivity index (χ1n) is 3.95. The molecule has 2 N–H and O–H groups in total. The maximum atomic E-state index is 10.8. The highest BCUT2D eigenvalue weighted by Crippen LogP contribution is 2.43. The Balaban J connectivity index is 2.85. The molecule has 0 aromatic rings. The van der Waals surface area contributed by atoms with Crippen molar-refractivity contribution >= 4 is 17.7 Å². The van der Waals surface area contributed by atoms with Crippen LogP contribution >= 0.6 is 11.8 Å². The van der Waals surface area contributed by atoms with Crippen LogP contribution in [0.1, 0.15) is 27.7 Å². The molecule has 0 spiro atoms. The van der Waals surface area contributed by atoms with Gasteiger partial charge in [0.2, 0.25) is 0 Å². The van der Waals surface area contributed by atoms with Crippen LogP contribution in [0.4, 0.5) is 0 Å². The second kappa shape index (κ2) is 2.64. The first kappa shape index (κ1) is 9.86. The van der Waals surface area contributed by atoms with Crippen molar-refractivity contribution < 1.29 is 9.90 Å². The summed E-state index contributed by atoms with van der Waals surface area (Å²) in [7, 11) is 0. The van der Waals surface area contributed by atoms with Crippen molar-refractivity contribution in [2.24, 2.45) is 0 Å². The number of aliphatic carboxylic acids is 1. The Labute approximate surface area is 76.9 Å². The standard InChI is InChI=1S/C8H15NO2S/c1-7(2)5(6(10)11)9-8(3,4)12-7/h5,9H,1-4H3,(H,10,11). The molecule has 70 valence electrons. The largest absolute Gasteiger partial charge is 0.480 e. The van der Waals surface area contributed by atoms with Gasteiger partial charge in [0.1, 0.15) is 6.04 Å². The highest BCUT2D eigenvalue weighted by Gasteiger charge is 2.48. The third-order valence-corrected chi connectivity index (χ3v) is 3.34. The lowest BCUT2D eigenvalue weighted by Gasteiger charge is -2.21. The van der Waals surface area contributed by atoms with E-state index in [-0.39, 0.29) is 9.62 Å². The minimum absolute atomic E-state index is 0.132. The fourth-order valence-electron chi connectivity index (χ4n) is 1.63. The number of hydrogen-bond donors (Lipinski definition) is 2. The van der Waals surface area contributed by atoms with E-state index in [4.69, 9.17) is 5.11 Å². The minimum atomic E-state index is -0.766. The van der Waals surface area contributed by atoms with E-state index in [2.05, 4.69) is 5.32 Å². The molecule has 12 heavy (non-hydrogen) atoms. The van der Waals surface area contributed by atoms with Gasteiger partial charge in [0.15, 0.2) is 0 Å². The van der Waals surface area contributed by atoms with Gasteiger partial charge in [-0.1, -0.05) is 0 Å². The topological polar surface area (TPSA) is 49.3 Å². The maximum Gasteiger partial charge on any atom is 0.322 e. The lowest BCUT2D eigenvalue weighted by atomic mass is 10.0. The summed E-state index contributed by atoms with van der Waals surface area (Å²) in [6.45, 7) is 7.92. The van der Waals surface area contributed by atoms with Gasteiger partial charge in [-0.2, -0.15) is 0 Å². The van der Waals surface area contributed by atoms with E-state index < -0.39 is 12.0 Å². The fraction of sp³-hybridized carbons (Fsp3) is 0.875. The highest BCUT2D eigenvalue weighted by molar-refractivity contribution is 8.02. The molecule has 3 nitrogen and oxygen atoms in total. The fourth-order valence-corrected chi connectivity index (χ4v) is 3.40. The van der Waals surface area contributed by atoms with Crippen molar-refractivity contribution in [2.75, 3.05) is 0 Å². The molecule has 1 aliphatic rings. The zero-order chi connectivity index (χ0) is 9.57. The molecule has 4 heteroatoms. The number of carboxylic acids is 1. The van der Waals surface area contributed by atoms with Gasteiger partial charge in [-0.25, -0.2) is 0 Å². The van der Waals surface area contributed by atoms with E-state index in [0.29, 0.717) is 0 Å². The van der Waals surface area contributed by atoms with E-state index in [1.165, 1.54) is 0 Å². The third-order valence-electron chi connectivity index (χ3n) is 1.95. The van der Waals surface area contributed by atoms with E-state index in [1.807, 2.05) is 27.7 Å². The van der Waals surface area contributed by atoms with E-state index in [0.717, 1.165) is 0 Å². The summed E-state index contributed by atoms with van der Waals surface area (Å²) in [6.07, 6.45) is 0. The van der Waals surface area contributed by atoms with E-state index in [1.54, 1.807) is 11.8 Å². The maximum absolute atomic E-state index is 10.8. The molecular weight excluding hydrogens is 174 g/mol. The third kappa shape index (κ3) is 1.75. The summed E-state index contributed by atoms with van der Waals surface area (Å²) in [5.41, 5.74) is 0. The Kier molecular flexibility index (Phi) is 2.17. The van der Waals surface area contributed by atoms with Crippen molar-refractivity contribution in [3.63, 3.8) is 0 Å². The average Bonchev–Trinajstić information content (AvgIpc) is 1.99. The summed E-state index contributed by atoms with van der Waals surface area (Å²) < 4.78 is -0.227. The summed E-state index contributed by atoms with van der Waals surface area (Å²) in [5.74, 6) is -0.766. The smallest absolute Gasteiger partial charge is 0.322 e. The summed E-state index contributed by atoms with van der Waals surface area (Å²) in [4.78, 5) is 10.7. The molecule has 0 amide bonds. The second-order valence-corrected chi connectivity index (χ2v) is 6.41. The number of thioether (sulfide) groups is 1. The number of rotatable bonds is 1. The molecule has 0 aliphatic carbocycles. The average molecular weight is 189 g/mol. The molecule has 0 aromatic carbocycles. The Morgan fingerprint density at radius 2 is 1.92 bits per heavy atom. The van der Waals surface area contributed by atoms with Crippen molar-refractivity contribution in [1.82, 2.24) is 5.32 Å². The molecule has 0 saturated carbocycles. The van der Waals surface area contributed by atoms with Crippen LogP contribution in [0.15, 0.2) is 0 Å². The van der Waals surface area contributed by atoms with E-state index >= 15 is 0 Å². The predicted octanol–water partition coefficient (Wildman–Crippen LogP) is 1.29. The summed E-state index contributed by atoms with van der Waals surface area (Å²) in [6, 6.07) is -0.447. The van der Waals surface area contributed by atoms with Crippen LogP contribution in [0, 0.1) is 0 Å². The van der Waals surface area contributed by atoms with Gasteiger partial charge in [-0.05, 0) is 27.7 Å². The predicted molar refractivity (Wildman–Crippen MR) is 50.3 cm³/mol. The van der Waals surface area contributed by atoms with E-state index in [9.17, 15) is 4.79 Å². The van der Waals surface area contributed by atoms with Gasteiger partial charge in [0.25, 0.3) is 0 Å². The van der Waals surface area contributed by atoms with Crippen LogP contribution in [0.2, 0.25) is 0 Å². The van der Waals surface area contributed by atoms with Crippen LogP contribution in [-0.4, -0.2) is 26.7 Å². The summed E-state index contributed by atoms with van der Waals surface area (Å²) in [5, 5.41) is 12.0. The first-order valence-corrected chi connectivity index (χ1v) is 4.77. The SMILES string of the molecule is CC1(C)NC(C(=O)O)C(C)(C)S1. The quantitative estimate of drug-likeness (QED) is 0.652. The molecule has 1 aliphatic heterocycles.